The second-order valence-electron chi connectivity index (χ2n) is 8.38. The molecule has 30 heavy (non-hydrogen) atoms. The summed E-state index contributed by atoms with van der Waals surface area (Å²) in [5.74, 6) is -0.198. The minimum absolute atomic E-state index is 0.0863. The number of piperidine rings is 2. The molecule has 1 aromatic heterocycles. The second-order valence-corrected chi connectivity index (χ2v) is 8.38. The molecular formula is C23H30N5O2+. The molecule has 2 fully saturated rings. The highest BCUT2D eigenvalue weighted by Crippen LogP contribution is 2.19. The van der Waals surface area contributed by atoms with Crippen LogP contribution in [-0.2, 0) is 11.3 Å². The summed E-state index contributed by atoms with van der Waals surface area (Å²) in [5, 5.41) is 3.25. The average molecular weight is 409 g/mol. The van der Waals surface area contributed by atoms with Gasteiger partial charge in [-0.25, -0.2) is 4.98 Å². The van der Waals surface area contributed by atoms with Crippen molar-refractivity contribution < 1.29 is 14.5 Å². The van der Waals surface area contributed by atoms with Gasteiger partial charge in [0.05, 0.1) is 25.2 Å². The maximum Gasteiger partial charge on any atom is 0.274 e. The fraction of sp³-hybridized carbons (Fsp3) is 0.478. The van der Waals surface area contributed by atoms with E-state index in [1.54, 1.807) is 16.0 Å². The first-order chi connectivity index (χ1) is 14.7. The molecule has 2 N–H and O–H groups in total. The first-order valence-corrected chi connectivity index (χ1v) is 10.9. The lowest BCUT2D eigenvalue weighted by atomic mass is 9.95. The third kappa shape index (κ3) is 5.21. The average Bonchev–Trinajstić information content (AvgIpc) is 2.81. The van der Waals surface area contributed by atoms with E-state index in [2.05, 4.69) is 39.6 Å². The zero-order valence-corrected chi connectivity index (χ0v) is 17.3. The van der Waals surface area contributed by atoms with E-state index in [4.69, 9.17) is 0 Å². The summed E-state index contributed by atoms with van der Waals surface area (Å²) in [6.07, 6.45) is 8.23. The minimum atomic E-state index is -0.144. The number of amides is 2. The Morgan fingerprint density at radius 3 is 2.63 bits per heavy atom. The lowest BCUT2D eigenvalue weighted by Gasteiger charge is -2.34. The summed E-state index contributed by atoms with van der Waals surface area (Å²) in [5.41, 5.74) is 1.71. The second kappa shape index (κ2) is 9.80. The number of aromatic nitrogens is 2. The van der Waals surface area contributed by atoms with E-state index in [0.717, 1.165) is 45.3 Å². The SMILES string of the molecule is O=C(NC1CC[NH+](Cc2ccccc2)CC1)[C@@H]1CCCN(C(=O)c2cnccn2)C1. The van der Waals surface area contributed by atoms with Gasteiger partial charge >= 0.3 is 0 Å². The number of nitrogens with one attached hydrogen (secondary N) is 2. The molecule has 1 aromatic carbocycles. The molecule has 0 radical (unpaired) electrons. The van der Waals surface area contributed by atoms with E-state index in [9.17, 15) is 9.59 Å². The molecular weight excluding hydrogens is 378 g/mol. The van der Waals surface area contributed by atoms with E-state index in [0.29, 0.717) is 18.8 Å². The van der Waals surface area contributed by atoms with Gasteiger partial charge in [-0.05, 0) is 12.8 Å². The number of likely N-dealkylation sites (tertiary alicyclic amines) is 2. The first-order valence-electron chi connectivity index (χ1n) is 10.9. The zero-order valence-electron chi connectivity index (χ0n) is 17.3. The van der Waals surface area contributed by atoms with Crippen LogP contribution in [0, 0.1) is 5.92 Å². The molecule has 1 atom stereocenters. The normalized spacial score (nSPS) is 24.3. The Bertz CT molecular complexity index is 837. The van der Waals surface area contributed by atoms with Crippen LogP contribution in [0.15, 0.2) is 48.9 Å². The molecule has 0 spiro atoms. The highest BCUT2D eigenvalue weighted by Gasteiger charge is 2.31. The molecule has 2 aliphatic rings. The Hall–Kier alpha value is -2.80. The van der Waals surface area contributed by atoms with Crippen molar-refractivity contribution >= 4 is 11.8 Å². The van der Waals surface area contributed by atoms with Crippen LogP contribution in [0.2, 0.25) is 0 Å². The van der Waals surface area contributed by atoms with Crippen molar-refractivity contribution in [2.45, 2.75) is 38.3 Å². The number of carbonyl (C=O) groups excluding carboxylic acids is 2. The Morgan fingerprint density at radius 1 is 1.10 bits per heavy atom. The van der Waals surface area contributed by atoms with Crippen molar-refractivity contribution in [2.75, 3.05) is 26.2 Å². The fourth-order valence-corrected chi connectivity index (χ4v) is 4.50. The van der Waals surface area contributed by atoms with Crippen molar-refractivity contribution in [2.24, 2.45) is 5.92 Å². The molecule has 7 heteroatoms. The topological polar surface area (TPSA) is 79.6 Å². The molecule has 2 saturated heterocycles. The largest absolute Gasteiger partial charge is 0.353 e. The van der Waals surface area contributed by atoms with E-state index in [1.807, 2.05) is 6.07 Å². The number of carbonyl (C=O) groups is 2. The fourth-order valence-electron chi connectivity index (χ4n) is 4.50. The number of benzene rings is 1. The Labute approximate surface area is 177 Å². The number of nitrogens with zero attached hydrogens (tertiary/aromatic N) is 3. The van der Waals surface area contributed by atoms with Gasteiger partial charge in [0.15, 0.2) is 0 Å². The van der Waals surface area contributed by atoms with Crippen LogP contribution in [0.5, 0.6) is 0 Å². The summed E-state index contributed by atoms with van der Waals surface area (Å²) < 4.78 is 0. The van der Waals surface area contributed by atoms with Crippen molar-refractivity contribution in [3.63, 3.8) is 0 Å². The third-order valence-corrected chi connectivity index (χ3v) is 6.20. The van der Waals surface area contributed by atoms with Gasteiger partial charge < -0.3 is 15.1 Å². The molecule has 3 heterocycles. The van der Waals surface area contributed by atoms with E-state index in [1.165, 1.54) is 18.0 Å². The summed E-state index contributed by atoms with van der Waals surface area (Å²) in [6.45, 7) is 4.31. The van der Waals surface area contributed by atoms with E-state index in [-0.39, 0.29) is 23.8 Å². The van der Waals surface area contributed by atoms with Crippen molar-refractivity contribution in [1.82, 2.24) is 20.2 Å². The van der Waals surface area contributed by atoms with Crippen LogP contribution in [0.3, 0.4) is 0 Å². The van der Waals surface area contributed by atoms with Gasteiger partial charge in [-0.15, -0.1) is 0 Å². The van der Waals surface area contributed by atoms with Crippen molar-refractivity contribution in [3.8, 4) is 0 Å². The lowest BCUT2D eigenvalue weighted by molar-refractivity contribution is -0.918. The van der Waals surface area contributed by atoms with Crippen molar-refractivity contribution in [3.05, 3.63) is 60.2 Å². The van der Waals surface area contributed by atoms with Crippen LogP contribution < -0.4 is 10.2 Å². The number of rotatable bonds is 5. The summed E-state index contributed by atoms with van der Waals surface area (Å²) in [7, 11) is 0. The molecule has 2 aliphatic heterocycles. The summed E-state index contributed by atoms with van der Waals surface area (Å²) in [6, 6.07) is 10.8. The van der Waals surface area contributed by atoms with Crippen LogP contribution in [-0.4, -0.2) is 58.9 Å². The van der Waals surface area contributed by atoms with E-state index < -0.39 is 0 Å². The van der Waals surface area contributed by atoms with Crippen LogP contribution in [0.25, 0.3) is 0 Å². The molecule has 0 aliphatic carbocycles. The summed E-state index contributed by atoms with van der Waals surface area (Å²) >= 11 is 0. The monoisotopic (exact) mass is 408 g/mol. The maximum absolute atomic E-state index is 12.9. The van der Waals surface area contributed by atoms with Gasteiger partial charge in [-0.1, -0.05) is 30.3 Å². The quantitative estimate of drug-likeness (QED) is 0.763. The molecule has 2 amide bonds. The number of hydrogen-bond donors (Lipinski definition) is 2. The van der Waals surface area contributed by atoms with Crippen LogP contribution >= 0.6 is 0 Å². The van der Waals surface area contributed by atoms with Crippen LogP contribution in [0.4, 0.5) is 0 Å². The Kier molecular flexibility index (Phi) is 6.69. The Balaban J connectivity index is 1.24. The van der Waals surface area contributed by atoms with Gasteiger partial charge in [0.25, 0.3) is 5.91 Å². The van der Waals surface area contributed by atoms with Crippen LogP contribution in [0.1, 0.15) is 41.7 Å². The van der Waals surface area contributed by atoms with Gasteiger partial charge in [0.2, 0.25) is 5.91 Å². The van der Waals surface area contributed by atoms with Crippen molar-refractivity contribution in [1.29, 1.82) is 0 Å². The predicted octanol–water partition coefficient (Wildman–Crippen LogP) is 0.693. The Morgan fingerprint density at radius 2 is 1.90 bits per heavy atom. The van der Waals surface area contributed by atoms with E-state index >= 15 is 0 Å². The highest BCUT2D eigenvalue weighted by molar-refractivity contribution is 5.92. The highest BCUT2D eigenvalue weighted by atomic mass is 16.2. The minimum Gasteiger partial charge on any atom is -0.353 e. The smallest absolute Gasteiger partial charge is 0.274 e. The molecule has 2 aromatic rings. The lowest BCUT2D eigenvalue weighted by Crippen LogP contribution is -3.12. The summed E-state index contributed by atoms with van der Waals surface area (Å²) in [4.78, 5) is 36.9. The van der Waals surface area contributed by atoms with Gasteiger partial charge in [0.1, 0.15) is 12.2 Å². The molecule has 0 bridgehead atoms. The zero-order chi connectivity index (χ0) is 20.8. The maximum atomic E-state index is 12.9. The van der Waals surface area contributed by atoms with Gasteiger partial charge in [0, 0.05) is 49.9 Å². The number of quaternary nitrogens is 1. The molecule has 158 valence electrons. The first kappa shape index (κ1) is 20.5. The number of hydrogen-bond acceptors (Lipinski definition) is 4. The molecule has 7 nitrogen and oxygen atoms in total. The standard InChI is InChI=1S/C23H29N5O2/c29-22(19-7-4-12-28(17-19)23(30)21-15-24-10-11-25-21)26-20-8-13-27(14-9-20)16-18-5-2-1-3-6-18/h1-3,5-6,10-11,15,19-20H,4,7-9,12-14,16-17H2,(H,26,29)/p+1/t19-/m1/s1. The predicted molar refractivity (Wildman–Crippen MR) is 113 cm³/mol. The van der Waals surface area contributed by atoms with Gasteiger partial charge in [-0.3, -0.25) is 14.6 Å². The van der Waals surface area contributed by atoms with Gasteiger partial charge in [-0.2, -0.15) is 0 Å². The molecule has 0 saturated carbocycles. The molecule has 4 rings (SSSR count). The molecule has 0 unspecified atom stereocenters. The third-order valence-electron chi connectivity index (χ3n) is 6.20.